The van der Waals surface area contributed by atoms with Crippen LogP contribution >= 0.6 is 0 Å². The van der Waals surface area contributed by atoms with E-state index in [2.05, 4.69) is 0 Å². The van der Waals surface area contributed by atoms with E-state index < -0.39 is 31.9 Å². The standard InChI is InChI=1S/C13H17NO6S2/c1-2-21(17,18)10-5-3-6-11(9-10)22(19,20)14-8-4-7-12(14)13(15)16/h3,5-6,9,12H,2,4,7-8H2,1H3,(H,15,16)/t12-/m1/s1. The van der Waals surface area contributed by atoms with Crippen LogP contribution in [0.15, 0.2) is 34.1 Å². The lowest BCUT2D eigenvalue weighted by molar-refractivity contribution is -0.140. The normalized spacial score (nSPS) is 20.1. The van der Waals surface area contributed by atoms with E-state index in [1.807, 2.05) is 0 Å². The summed E-state index contributed by atoms with van der Waals surface area (Å²) in [5.74, 6) is -1.34. The van der Waals surface area contributed by atoms with E-state index in [1.165, 1.54) is 25.1 Å². The summed E-state index contributed by atoms with van der Waals surface area (Å²) in [7, 11) is -7.57. The number of hydrogen-bond acceptors (Lipinski definition) is 5. The van der Waals surface area contributed by atoms with Crippen molar-refractivity contribution in [1.29, 1.82) is 0 Å². The number of aliphatic carboxylic acids is 1. The molecule has 0 amide bonds. The minimum Gasteiger partial charge on any atom is -0.480 e. The number of carbonyl (C=O) groups is 1. The van der Waals surface area contributed by atoms with Gasteiger partial charge >= 0.3 is 5.97 Å². The van der Waals surface area contributed by atoms with E-state index in [0.717, 1.165) is 10.4 Å². The Balaban J connectivity index is 2.47. The van der Waals surface area contributed by atoms with Gasteiger partial charge in [0, 0.05) is 6.54 Å². The zero-order valence-electron chi connectivity index (χ0n) is 12.0. The molecule has 0 aromatic heterocycles. The molecule has 22 heavy (non-hydrogen) atoms. The Morgan fingerprint density at radius 3 is 2.50 bits per heavy atom. The van der Waals surface area contributed by atoms with Crippen LogP contribution in [0.4, 0.5) is 0 Å². The van der Waals surface area contributed by atoms with Gasteiger partial charge in [0.05, 0.1) is 15.5 Å². The van der Waals surface area contributed by atoms with E-state index in [9.17, 15) is 21.6 Å². The average Bonchev–Trinajstić information content (AvgIpc) is 2.98. The van der Waals surface area contributed by atoms with Gasteiger partial charge < -0.3 is 5.11 Å². The lowest BCUT2D eigenvalue weighted by atomic mass is 10.2. The minimum absolute atomic E-state index is 0.0813. The average molecular weight is 347 g/mol. The maximum absolute atomic E-state index is 12.6. The van der Waals surface area contributed by atoms with Crippen LogP contribution in [0.2, 0.25) is 0 Å². The molecule has 7 nitrogen and oxygen atoms in total. The van der Waals surface area contributed by atoms with Gasteiger partial charge in [-0.05, 0) is 31.0 Å². The maximum atomic E-state index is 12.6. The molecule has 1 atom stereocenters. The highest BCUT2D eigenvalue weighted by atomic mass is 32.2. The Morgan fingerprint density at radius 1 is 1.27 bits per heavy atom. The fraction of sp³-hybridized carbons (Fsp3) is 0.462. The van der Waals surface area contributed by atoms with Crippen molar-refractivity contribution in [2.24, 2.45) is 0 Å². The van der Waals surface area contributed by atoms with Crippen molar-refractivity contribution in [1.82, 2.24) is 4.31 Å². The van der Waals surface area contributed by atoms with Crippen molar-refractivity contribution >= 4 is 25.8 Å². The van der Waals surface area contributed by atoms with Gasteiger partial charge in [-0.25, -0.2) is 16.8 Å². The van der Waals surface area contributed by atoms with Crippen molar-refractivity contribution in [3.8, 4) is 0 Å². The van der Waals surface area contributed by atoms with E-state index in [4.69, 9.17) is 5.11 Å². The van der Waals surface area contributed by atoms with Crippen molar-refractivity contribution in [2.75, 3.05) is 12.3 Å². The monoisotopic (exact) mass is 347 g/mol. The summed E-state index contributed by atoms with van der Waals surface area (Å²) >= 11 is 0. The Labute approximate surface area is 129 Å². The Morgan fingerprint density at radius 2 is 1.91 bits per heavy atom. The Bertz CT molecular complexity index is 785. The summed E-state index contributed by atoms with van der Waals surface area (Å²) in [5.41, 5.74) is 0. The molecule has 1 aromatic carbocycles. The highest BCUT2D eigenvalue weighted by molar-refractivity contribution is 7.91. The zero-order chi connectivity index (χ0) is 16.5. The topological polar surface area (TPSA) is 109 Å². The number of sulfonamides is 1. The second-order valence-corrected chi connectivity index (χ2v) is 9.16. The number of nitrogens with zero attached hydrogens (tertiary/aromatic N) is 1. The van der Waals surface area contributed by atoms with Crippen LogP contribution in [0, 0.1) is 0 Å². The van der Waals surface area contributed by atoms with Crippen LogP contribution in [0.5, 0.6) is 0 Å². The molecule has 0 saturated carbocycles. The van der Waals surface area contributed by atoms with E-state index in [0.29, 0.717) is 6.42 Å². The van der Waals surface area contributed by atoms with Gasteiger partial charge in [0.1, 0.15) is 6.04 Å². The molecule has 1 aliphatic heterocycles. The number of benzene rings is 1. The summed E-state index contributed by atoms with van der Waals surface area (Å²) in [4.78, 5) is 10.9. The van der Waals surface area contributed by atoms with Crippen molar-refractivity contribution in [3.05, 3.63) is 24.3 Å². The summed E-state index contributed by atoms with van der Waals surface area (Å²) in [6.45, 7) is 1.58. The van der Waals surface area contributed by atoms with Crippen LogP contribution in [0.1, 0.15) is 19.8 Å². The first-order valence-corrected chi connectivity index (χ1v) is 9.87. The molecule has 9 heteroatoms. The van der Waals surface area contributed by atoms with E-state index >= 15 is 0 Å². The predicted octanol–water partition coefficient (Wildman–Crippen LogP) is 0.718. The van der Waals surface area contributed by atoms with Gasteiger partial charge in [-0.3, -0.25) is 4.79 Å². The molecule has 1 saturated heterocycles. The second kappa shape index (κ2) is 5.98. The van der Waals surface area contributed by atoms with E-state index in [1.54, 1.807) is 0 Å². The number of hydrogen-bond donors (Lipinski definition) is 1. The van der Waals surface area contributed by atoms with E-state index in [-0.39, 0.29) is 28.5 Å². The molecule has 1 aliphatic rings. The molecule has 1 heterocycles. The summed E-state index contributed by atoms with van der Waals surface area (Å²) in [6.07, 6.45) is 0.713. The first kappa shape index (κ1) is 16.9. The van der Waals surface area contributed by atoms with Crippen molar-refractivity contribution in [3.63, 3.8) is 0 Å². The number of carboxylic acids is 1. The second-order valence-electron chi connectivity index (χ2n) is 4.99. The van der Waals surface area contributed by atoms with Crippen LogP contribution in [-0.4, -0.2) is 50.6 Å². The molecule has 0 unspecified atom stereocenters. The molecule has 1 aromatic rings. The quantitative estimate of drug-likeness (QED) is 0.840. The molecule has 0 radical (unpaired) electrons. The first-order chi connectivity index (χ1) is 10.2. The van der Waals surface area contributed by atoms with Crippen LogP contribution in [-0.2, 0) is 24.7 Å². The van der Waals surface area contributed by atoms with Gasteiger partial charge in [0.15, 0.2) is 9.84 Å². The third kappa shape index (κ3) is 3.01. The zero-order valence-corrected chi connectivity index (χ0v) is 13.6. The molecule has 0 bridgehead atoms. The highest BCUT2D eigenvalue weighted by Crippen LogP contribution is 2.27. The highest BCUT2D eigenvalue weighted by Gasteiger charge is 2.39. The van der Waals surface area contributed by atoms with Gasteiger partial charge in [-0.2, -0.15) is 4.31 Å². The van der Waals surface area contributed by atoms with Crippen molar-refractivity contribution < 1.29 is 26.7 Å². The van der Waals surface area contributed by atoms with Crippen LogP contribution in [0.3, 0.4) is 0 Å². The Kier molecular flexibility index (Phi) is 4.59. The van der Waals surface area contributed by atoms with Gasteiger partial charge in [0.2, 0.25) is 10.0 Å². The number of sulfone groups is 1. The van der Waals surface area contributed by atoms with Gasteiger partial charge in [-0.1, -0.05) is 13.0 Å². The molecule has 2 rings (SSSR count). The molecular formula is C13H17NO6S2. The lowest BCUT2D eigenvalue weighted by Crippen LogP contribution is -2.40. The smallest absolute Gasteiger partial charge is 0.322 e. The maximum Gasteiger partial charge on any atom is 0.322 e. The first-order valence-electron chi connectivity index (χ1n) is 6.77. The fourth-order valence-corrected chi connectivity index (χ4v) is 5.10. The molecular weight excluding hydrogens is 330 g/mol. The predicted molar refractivity (Wildman–Crippen MR) is 78.7 cm³/mol. The minimum atomic E-state index is -4.04. The molecule has 1 N–H and O–H groups in total. The largest absolute Gasteiger partial charge is 0.480 e. The fourth-order valence-electron chi connectivity index (χ4n) is 2.40. The molecule has 1 fully saturated rings. The van der Waals surface area contributed by atoms with Crippen LogP contribution < -0.4 is 0 Å². The lowest BCUT2D eigenvalue weighted by Gasteiger charge is -2.21. The van der Waals surface area contributed by atoms with Crippen molar-refractivity contribution in [2.45, 2.75) is 35.6 Å². The summed E-state index contributed by atoms with van der Waals surface area (Å²) in [6, 6.07) is 3.95. The molecule has 0 aliphatic carbocycles. The summed E-state index contributed by atoms with van der Waals surface area (Å²) in [5, 5.41) is 9.11. The third-order valence-corrected chi connectivity index (χ3v) is 7.28. The number of carboxylic acid groups (broad SMARTS) is 1. The van der Waals surface area contributed by atoms with Gasteiger partial charge in [0.25, 0.3) is 0 Å². The molecule has 0 spiro atoms. The third-order valence-electron chi connectivity index (χ3n) is 3.64. The van der Waals surface area contributed by atoms with Crippen LogP contribution in [0.25, 0.3) is 0 Å². The summed E-state index contributed by atoms with van der Waals surface area (Å²) < 4.78 is 49.8. The van der Waals surface area contributed by atoms with Gasteiger partial charge in [-0.15, -0.1) is 0 Å². The molecule has 122 valence electrons. The SMILES string of the molecule is CCS(=O)(=O)c1cccc(S(=O)(=O)N2CCC[C@@H]2C(=O)O)c1. The Hall–Kier alpha value is -1.45. The number of rotatable bonds is 5.